The number of amides is 1. The fraction of sp³-hybridized carbons (Fsp3) is 0.353. The summed E-state index contributed by atoms with van der Waals surface area (Å²) in [5.74, 6) is -5.72. The number of hydrogen-bond donors (Lipinski definition) is 3. The average molecular weight is 447 g/mol. The largest absolute Gasteiger partial charge is 0.586 e. The Morgan fingerprint density at radius 3 is 2.55 bits per heavy atom. The van der Waals surface area contributed by atoms with Crippen molar-refractivity contribution in [2.75, 3.05) is 11.9 Å². The molecule has 14 heteroatoms. The van der Waals surface area contributed by atoms with Crippen LogP contribution in [-0.4, -0.2) is 56.7 Å². The molecule has 1 saturated heterocycles. The molecule has 1 aromatic heterocycles. The van der Waals surface area contributed by atoms with Crippen LogP contribution >= 0.6 is 0 Å². The lowest BCUT2D eigenvalue weighted by atomic mass is 10.1. The monoisotopic (exact) mass is 447 g/mol. The standard InChI is InChI=1S/C17H13F4N3O7/c18-16(19)12(26)10(6-25)29-14(16)24-4-3-11(23-15(24)28)22-13(27)7-1-2-8-9(5-7)31-17(20,21)30-8/h1-5,10,12,14,25-26H,6H2,(H,22,23,27,28)/t10?,12-,14+/m0/s1. The van der Waals surface area contributed by atoms with Gasteiger partial charge in [-0.3, -0.25) is 9.36 Å². The fourth-order valence-electron chi connectivity index (χ4n) is 3.06. The van der Waals surface area contributed by atoms with E-state index in [-0.39, 0.29) is 22.9 Å². The first-order chi connectivity index (χ1) is 14.5. The normalized spacial score (nSPS) is 25.4. The predicted molar refractivity (Wildman–Crippen MR) is 91.0 cm³/mol. The van der Waals surface area contributed by atoms with E-state index in [2.05, 4.69) is 19.8 Å². The summed E-state index contributed by atoms with van der Waals surface area (Å²) in [5.41, 5.74) is -1.37. The zero-order valence-corrected chi connectivity index (χ0v) is 15.2. The molecule has 3 N–H and O–H groups in total. The van der Waals surface area contributed by atoms with Crippen LogP contribution in [0.2, 0.25) is 0 Å². The highest BCUT2D eigenvalue weighted by atomic mass is 19.3. The van der Waals surface area contributed by atoms with Gasteiger partial charge in [-0.15, -0.1) is 8.78 Å². The van der Waals surface area contributed by atoms with Crippen LogP contribution in [0.25, 0.3) is 0 Å². The molecule has 2 aliphatic rings. The van der Waals surface area contributed by atoms with E-state index in [0.717, 1.165) is 30.5 Å². The molecular weight excluding hydrogens is 434 g/mol. The predicted octanol–water partition coefficient (Wildman–Crippen LogP) is 0.703. The van der Waals surface area contributed by atoms with Crippen molar-refractivity contribution in [1.29, 1.82) is 0 Å². The molecule has 0 spiro atoms. The van der Waals surface area contributed by atoms with E-state index in [1.54, 1.807) is 0 Å². The summed E-state index contributed by atoms with van der Waals surface area (Å²) in [6.45, 7) is -0.898. The number of nitrogens with zero attached hydrogens (tertiary/aromatic N) is 2. The van der Waals surface area contributed by atoms with Crippen molar-refractivity contribution in [1.82, 2.24) is 9.55 Å². The zero-order valence-electron chi connectivity index (χ0n) is 15.2. The fourth-order valence-corrected chi connectivity index (χ4v) is 3.06. The number of aliphatic hydroxyl groups is 2. The van der Waals surface area contributed by atoms with Crippen molar-refractivity contribution in [3.05, 3.63) is 46.5 Å². The van der Waals surface area contributed by atoms with Crippen LogP contribution in [0, 0.1) is 0 Å². The van der Waals surface area contributed by atoms with Gasteiger partial charge in [0.05, 0.1) is 6.61 Å². The Morgan fingerprint density at radius 2 is 1.90 bits per heavy atom. The quantitative estimate of drug-likeness (QED) is 0.584. The smallest absolute Gasteiger partial charge is 0.395 e. The van der Waals surface area contributed by atoms with E-state index in [1.807, 2.05) is 0 Å². The first-order valence-electron chi connectivity index (χ1n) is 8.64. The van der Waals surface area contributed by atoms with E-state index < -0.39 is 48.9 Å². The molecule has 3 heterocycles. The number of ether oxygens (including phenoxy) is 3. The van der Waals surface area contributed by atoms with Crippen LogP contribution in [0.1, 0.15) is 16.6 Å². The SMILES string of the molecule is O=C(Nc1ccn([C@@H]2OC(CO)[C@H](O)C2(F)F)c(=O)n1)c1ccc2c(c1)OC(F)(F)O2. The summed E-state index contributed by atoms with van der Waals surface area (Å²) in [5, 5.41) is 20.8. The number of carbonyl (C=O) groups excluding carboxylic acids is 1. The van der Waals surface area contributed by atoms with Crippen molar-refractivity contribution in [2.45, 2.75) is 30.7 Å². The molecular formula is C17H13F4N3O7. The summed E-state index contributed by atoms with van der Waals surface area (Å²) < 4.78 is 68.2. The second-order valence-corrected chi connectivity index (χ2v) is 6.61. The van der Waals surface area contributed by atoms with E-state index in [4.69, 9.17) is 9.84 Å². The highest BCUT2D eigenvalue weighted by molar-refractivity contribution is 6.04. The average Bonchev–Trinajstić information content (AvgIpc) is 3.13. The van der Waals surface area contributed by atoms with Crippen LogP contribution < -0.4 is 20.5 Å². The Morgan fingerprint density at radius 1 is 1.19 bits per heavy atom. The molecule has 1 fully saturated rings. The molecule has 0 saturated carbocycles. The molecule has 31 heavy (non-hydrogen) atoms. The van der Waals surface area contributed by atoms with Gasteiger partial charge in [-0.05, 0) is 24.3 Å². The second-order valence-electron chi connectivity index (χ2n) is 6.61. The third-order valence-electron chi connectivity index (χ3n) is 4.55. The number of anilines is 1. The maximum atomic E-state index is 14.2. The number of alkyl halides is 4. The van der Waals surface area contributed by atoms with Crippen LogP contribution in [0.4, 0.5) is 23.4 Å². The van der Waals surface area contributed by atoms with Gasteiger partial charge in [-0.2, -0.15) is 13.8 Å². The van der Waals surface area contributed by atoms with Gasteiger partial charge < -0.3 is 29.7 Å². The Balaban J connectivity index is 1.52. The van der Waals surface area contributed by atoms with Crippen molar-refractivity contribution < 1.29 is 46.8 Å². The molecule has 1 amide bonds. The third kappa shape index (κ3) is 3.68. The Labute approximate surface area is 169 Å². The molecule has 1 aromatic carbocycles. The summed E-state index contributed by atoms with van der Waals surface area (Å²) in [6.07, 6.45) is -9.18. The lowest BCUT2D eigenvalue weighted by molar-refractivity contribution is -0.286. The molecule has 166 valence electrons. The van der Waals surface area contributed by atoms with Gasteiger partial charge in [0.2, 0.25) is 6.23 Å². The number of nitrogens with one attached hydrogen (secondary N) is 1. The number of rotatable bonds is 4. The van der Waals surface area contributed by atoms with Gasteiger partial charge in [-0.25, -0.2) is 4.79 Å². The van der Waals surface area contributed by atoms with Gasteiger partial charge in [0, 0.05) is 11.8 Å². The summed E-state index contributed by atoms with van der Waals surface area (Å²) in [6, 6.07) is 4.23. The Kier molecular flexibility index (Phi) is 4.87. The van der Waals surface area contributed by atoms with Gasteiger partial charge in [-0.1, -0.05) is 0 Å². The third-order valence-corrected chi connectivity index (χ3v) is 4.55. The van der Waals surface area contributed by atoms with E-state index in [9.17, 15) is 32.3 Å². The second kappa shape index (κ2) is 7.18. The Hall–Kier alpha value is -3.23. The van der Waals surface area contributed by atoms with E-state index >= 15 is 0 Å². The first kappa shape index (κ1) is 21.0. The minimum absolute atomic E-state index is 0.134. The first-order valence-corrected chi connectivity index (χ1v) is 8.64. The molecule has 2 aliphatic heterocycles. The lowest BCUT2D eigenvalue weighted by Gasteiger charge is -2.21. The molecule has 3 atom stereocenters. The van der Waals surface area contributed by atoms with Crippen molar-refractivity contribution in [3.8, 4) is 11.5 Å². The van der Waals surface area contributed by atoms with E-state index in [1.165, 1.54) is 0 Å². The summed E-state index contributed by atoms with van der Waals surface area (Å²) in [7, 11) is 0. The van der Waals surface area contributed by atoms with Gasteiger partial charge in [0.1, 0.15) is 11.9 Å². The van der Waals surface area contributed by atoms with Gasteiger partial charge in [0.15, 0.2) is 17.6 Å². The van der Waals surface area contributed by atoms with Crippen molar-refractivity contribution in [2.24, 2.45) is 0 Å². The number of hydrogen-bond acceptors (Lipinski definition) is 8. The molecule has 4 rings (SSSR count). The topological polar surface area (TPSA) is 132 Å². The number of fused-ring (bicyclic) bond motifs is 1. The Bertz CT molecular complexity index is 1090. The summed E-state index contributed by atoms with van der Waals surface area (Å²) >= 11 is 0. The van der Waals surface area contributed by atoms with E-state index in [0.29, 0.717) is 4.57 Å². The highest BCUT2D eigenvalue weighted by Crippen LogP contribution is 2.42. The van der Waals surface area contributed by atoms with Crippen LogP contribution in [-0.2, 0) is 4.74 Å². The molecule has 10 nitrogen and oxygen atoms in total. The molecule has 0 radical (unpaired) electrons. The summed E-state index contributed by atoms with van der Waals surface area (Å²) in [4.78, 5) is 28.0. The van der Waals surface area contributed by atoms with Crippen LogP contribution in [0.5, 0.6) is 11.5 Å². The van der Waals surface area contributed by atoms with Gasteiger partial charge in [0.25, 0.3) is 5.91 Å². The molecule has 0 bridgehead atoms. The lowest BCUT2D eigenvalue weighted by Crippen LogP contribution is -2.41. The number of aromatic nitrogens is 2. The maximum absolute atomic E-state index is 14.2. The number of aliphatic hydroxyl groups excluding tert-OH is 2. The van der Waals surface area contributed by atoms with Crippen molar-refractivity contribution in [3.63, 3.8) is 0 Å². The molecule has 2 aromatic rings. The van der Waals surface area contributed by atoms with Crippen LogP contribution in [0.15, 0.2) is 35.3 Å². The van der Waals surface area contributed by atoms with Gasteiger partial charge >= 0.3 is 17.9 Å². The zero-order chi connectivity index (χ0) is 22.6. The highest BCUT2D eigenvalue weighted by Gasteiger charge is 2.59. The molecule has 1 unspecified atom stereocenters. The minimum Gasteiger partial charge on any atom is -0.395 e. The van der Waals surface area contributed by atoms with Crippen LogP contribution in [0.3, 0.4) is 0 Å². The minimum atomic E-state index is -3.89. The number of benzene rings is 1. The maximum Gasteiger partial charge on any atom is 0.586 e. The molecule has 0 aliphatic carbocycles. The number of carbonyl (C=O) groups is 1. The van der Waals surface area contributed by atoms with Crippen molar-refractivity contribution >= 4 is 11.7 Å². The number of halogens is 4.